The van der Waals surface area contributed by atoms with Crippen molar-refractivity contribution in [1.29, 1.82) is 0 Å². The number of amides is 2. The van der Waals surface area contributed by atoms with Gasteiger partial charge in [-0.2, -0.15) is 0 Å². The minimum Gasteiger partial charge on any atom is -0.468 e. The minimum atomic E-state index is -0.101. The zero-order valence-corrected chi connectivity index (χ0v) is 16.8. The number of anilines is 1. The van der Waals surface area contributed by atoms with Gasteiger partial charge in [-0.25, -0.2) is 0 Å². The molecule has 6 nitrogen and oxygen atoms in total. The van der Waals surface area contributed by atoms with Gasteiger partial charge in [0.1, 0.15) is 5.76 Å². The highest BCUT2D eigenvalue weighted by atomic mass is 16.3. The van der Waals surface area contributed by atoms with Crippen LogP contribution in [0.2, 0.25) is 0 Å². The summed E-state index contributed by atoms with van der Waals surface area (Å²) in [5, 5.41) is 3.08. The normalized spacial score (nSPS) is 19.2. The van der Waals surface area contributed by atoms with Crippen molar-refractivity contribution < 1.29 is 14.0 Å². The summed E-state index contributed by atoms with van der Waals surface area (Å²) in [6, 6.07) is 11.2. The Labute approximate surface area is 171 Å². The molecular weight excluding hydrogens is 366 g/mol. The van der Waals surface area contributed by atoms with Crippen LogP contribution in [-0.2, 0) is 4.79 Å². The Kier molecular flexibility index (Phi) is 6.30. The van der Waals surface area contributed by atoms with Crippen molar-refractivity contribution >= 4 is 17.5 Å². The number of nitrogens with one attached hydrogen (secondary N) is 1. The molecule has 1 aromatic carbocycles. The Morgan fingerprint density at radius 2 is 1.76 bits per heavy atom. The third-order valence-electron chi connectivity index (χ3n) is 5.92. The maximum atomic E-state index is 12.7. The van der Waals surface area contributed by atoms with Crippen LogP contribution in [0.5, 0.6) is 0 Å². The Hall–Kier alpha value is -2.60. The highest BCUT2D eigenvalue weighted by Gasteiger charge is 2.25. The highest BCUT2D eigenvalue weighted by molar-refractivity contribution is 5.97. The highest BCUT2D eigenvalue weighted by Crippen LogP contribution is 2.25. The van der Waals surface area contributed by atoms with Crippen LogP contribution in [0, 0.1) is 0 Å². The summed E-state index contributed by atoms with van der Waals surface area (Å²) in [6.45, 7) is 3.32. The second-order valence-corrected chi connectivity index (χ2v) is 7.89. The monoisotopic (exact) mass is 395 g/mol. The molecule has 3 heterocycles. The van der Waals surface area contributed by atoms with Gasteiger partial charge in [0.2, 0.25) is 5.91 Å². The average molecular weight is 396 g/mol. The molecule has 154 valence electrons. The van der Waals surface area contributed by atoms with E-state index in [0.717, 1.165) is 37.5 Å². The molecule has 1 N–H and O–H groups in total. The number of benzene rings is 1. The Bertz CT molecular complexity index is 808. The van der Waals surface area contributed by atoms with Crippen LogP contribution >= 0.6 is 0 Å². The van der Waals surface area contributed by atoms with Crippen LogP contribution in [0.3, 0.4) is 0 Å². The summed E-state index contributed by atoms with van der Waals surface area (Å²) in [4.78, 5) is 28.8. The zero-order valence-electron chi connectivity index (χ0n) is 16.8. The molecule has 0 spiro atoms. The molecular formula is C23H29N3O3. The summed E-state index contributed by atoms with van der Waals surface area (Å²) < 4.78 is 5.68. The van der Waals surface area contributed by atoms with Gasteiger partial charge in [-0.1, -0.05) is 12.8 Å². The van der Waals surface area contributed by atoms with E-state index in [9.17, 15) is 9.59 Å². The van der Waals surface area contributed by atoms with Crippen molar-refractivity contribution in [1.82, 2.24) is 10.2 Å². The molecule has 2 fully saturated rings. The predicted molar refractivity (Wildman–Crippen MR) is 112 cm³/mol. The maximum absolute atomic E-state index is 12.7. The lowest BCUT2D eigenvalue weighted by Gasteiger charge is -2.29. The number of carbonyl (C=O) groups is 2. The molecule has 6 heteroatoms. The van der Waals surface area contributed by atoms with E-state index in [-0.39, 0.29) is 17.9 Å². The van der Waals surface area contributed by atoms with Crippen molar-refractivity contribution in [3.8, 4) is 0 Å². The third kappa shape index (κ3) is 4.70. The molecule has 1 unspecified atom stereocenters. The molecule has 2 aromatic rings. The van der Waals surface area contributed by atoms with E-state index < -0.39 is 0 Å². The number of likely N-dealkylation sites (tertiary alicyclic amines) is 1. The number of hydrogen-bond acceptors (Lipinski definition) is 4. The van der Waals surface area contributed by atoms with Crippen LogP contribution in [0.15, 0.2) is 47.1 Å². The smallest absolute Gasteiger partial charge is 0.251 e. The first kappa shape index (κ1) is 19.7. The van der Waals surface area contributed by atoms with Crippen LogP contribution in [-0.4, -0.2) is 42.9 Å². The SMILES string of the molecule is O=C(NCC(c1ccco1)N1CCCCCC1)c1ccc(N2CCCC2=O)cc1. The van der Waals surface area contributed by atoms with Gasteiger partial charge in [-0.05, 0) is 68.8 Å². The van der Waals surface area contributed by atoms with Crippen molar-refractivity contribution in [3.05, 3.63) is 54.0 Å². The molecule has 0 aliphatic carbocycles. The molecule has 0 bridgehead atoms. The maximum Gasteiger partial charge on any atom is 0.251 e. The molecule has 2 aliphatic heterocycles. The van der Waals surface area contributed by atoms with Gasteiger partial charge >= 0.3 is 0 Å². The quantitative estimate of drug-likeness (QED) is 0.809. The Morgan fingerprint density at radius 1 is 1.00 bits per heavy atom. The minimum absolute atomic E-state index is 0.0496. The topological polar surface area (TPSA) is 65.8 Å². The van der Waals surface area contributed by atoms with Gasteiger partial charge in [0.05, 0.1) is 12.3 Å². The lowest BCUT2D eigenvalue weighted by Crippen LogP contribution is -2.38. The van der Waals surface area contributed by atoms with Crippen molar-refractivity contribution in [3.63, 3.8) is 0 Å². The predicted octanol–water partition coefficient (Wildman–Crippen LogP) is 3.75. The van der Waals surface area contributed by atoms with Gasteiger partial charge in [0.15, 0.2) is 0 Å². The van der Waals surface area contributed by atoms with Crippen LogP contribution in [0.1, 0.15) is 60.7 Å². The second kappa shape index (κ2) is 9.27. The van der Waals surface area contributed by atoms with E-state index in [2.05, 4.69) is 10.2 Å². The fraction of sp³-hybridized carbons (Fsp3) is 0.478. The molecule has 4 rings (SSSR count). The number of hydrogen-bond donors (Lipinski definition) is 1. The molecule has 2 amide bonds. The summed E-state index contributed by atoms with van der Waals surface area (Å²) in [5.41, 5.74) is 1.47. The number of furan rings is 1. The molecule has 2 saturated heterocycles. The molecule has 1 atom stereocenters. The third-order valence-corrected chi connectivity index (χ3v) is 5.92. The van der Waals surface area contributed by atoms with E-state index in [1.54, 1.807) is 23.3 Å². The standard InChI is InChI=1S/C23H29N3O3/c27-22-8-5-15-26(22)19-11-9-18(10-12-19)23(28)24-17-20(21-7-6-16-29-21)25-13-3-1-2-4-14-25/h6-7,9-12,16,20H,1-5,8,13-15,17H2,(H,24,28). The fourth-order valence-electron chi connectivity index (χ4n) is 4.30. The summed E-state index contributed by atoms with van der Waals surface area (Å²) in [6.07, 6.45) is 8.09. The van der Waals surface area contributed by atoms with Gasteiger partial charge in [-0.15, -0.1) is 0 Å². The zero-order chi connectivity index (χ0) is 20.1. The Morgan fingerprint density at radius 3 is 2.38 bits per heavy atom. The molecule has 29 heavy (non-hydrogen) atoms. The first-order valence-corrected chi connectivity index (χ1v) is 10.7. The molecule has 0 saturated carbocycles. The van der Waals surface area contributed by atoms with E-state index in [4.69, 9.17) is 4.42 Å². The number of carbonyl (C=O) groups excluding carboxylic acids is 2. The van der Waals surface area contributed by atoms with Crippen LogP contribution in [0.25, 0.3) is 0 Å². The first-order chi connectivity index (χ1) is 14.2. The van der Waals surface area contributed by atoms with Crippen molar-refractivity contribution in [2.75, 3.05) is 31.1 Å². The van der Waals surface area contributed by atoms with E-state index in [0.29, 0.717) is 18.5 Å². The van der Waals surface area contributed by atoms with E-state index in [1.165, 1.54) is 25.7 Å². The van der Waals surface area contributed by atoms with Crippen molar-refractivity contribution in [2.24, 2.45) is 0 Å². The van der Waals surface area contributed by atoms with E-state index in [1.807, 2.05) is 24.3 Å². The molecule has 2 aliphatic rings. The summed E-state index contributed by atoms with van der Waals surface area (Å²) in [7, 11) is 0. The number of nitrogens with zero attached hydrogens (tertiary/aromatic N) is 2. The number of rotatable bonds is 6. The lowest BCUT2D eigenvalue weighted by molar-refractivity contribution is -0.117. The van der Waals surface area contributed by atoms with Crippen LogP contribution in [0.4, 0.5) is 5.69 Å². The first-order valence-electron chi connectivity index (χ1n) is 10.7. The molecule has 0 radical (unpaired) electrons. The van der Waals surface area contributed by atoms with E-state index >= 15 is 0 Å². The largest absolute Gasteiger partial charge is 0.468 e. The van der Waals surface area contributed by atoms with Gasteiger partial charge < -0.3 is 14.6 Å². The Balaban J connectivity index is 1.40. The van der Waals surface area contributed by atoms with Crippen LogP contribution < -0.4 is 10.2 Å². The second-order valence-electron chi connectivity index (χ2n) is 7.89. The van der Waals surface area contributed by atoms with Gasteiger partial charge in [0.25, 0.3) is 5.91 Å². The summed E-state index contributed by atoms with van der Waals surface area (Å²) >= 11 is 0. The van der Waals surface area contributed by atoms with Gasteiger partial charge in [0, 0.05) is 30.8 Å². The lowest BCUT2D eigenvalue weighted by atomic mass is 10.1. The average Bonchev–Trinajstić information content (AvgIpc) is 3.35. The van der Waals surface area contributed by atoms with Crippen molar-refractivity contribution in [2.45, 2.75) is 44.6 Å². The summed E-state index contributed by atoms with van der Waals surface area (Å²) in [5.74, 6) is 0.951. The van der Waals surface area contributed by atoms with Gasteiger partial charge in [-0.3, -0.25) is 14.5 Å². The fourth-order valence-corrected chi connectivity index (χ4v) is 4.30. The molecule has 1 aromatic heterocycles.